The third kappa shape index (κ3) is 5.26. The van der Waals surface area contributed by atoms with Crippen molar-refractivity contribution in [3.63, 3.8) is 0 Å². The maximum atomic E-state index is 10.9. The van der Waals surface area contributed by atoms with Crippen LogP contribution >= 0.6 is 0 Å². The highest BCUT2D eigenvalue weighted by molar-refractivity contribution is 5.70. The largest absolute Gasteiger partial charge is 0.481 e. The Kier molecular flexibility index (Phi) is 6.06. The van der Waals surface area contributed by atoms with Crippen LogP contribution in [0.2, 0.25) is 0 Å². The van der Waals surface area contributed by atoms with Gasteiger partial charge in [0.05, 0.1) is 11.5 Å². The second-order valence-electron chi connectivity index (χ2n) is 7.44. The minimum absolute atomic E-state index is 0.256. The fraction of sp³-hybridized carbons (Fsp3) is 0.941. The fourth-order valence-corrected chi connectivity index (χ4v) is 4.03. The minimum atomic E-state index is -0.712. The third-order valence-corrected chi connectivity index (χ3v) is 5.49. The molecule has 0 saturated heterocycles. The zero-order valence-electron chi connectivity index (χ0n) is 13.3. The molecule has 2 fully saturated rings. The van der Waals surface area contributed by atoms with E-state index in [0.29, 0.717) is 32.2 Å². The predicted molar refractivity (Wildman–Crippen MR) is 83.2 cm³/mol. The molecular weight excluding hydrogens is 266 g/mol. The smallest absolute Gasteiger partial charge is 0.306 e. The van der Waals surface area contributed by atoms with Gasteiger partial charge in [0.2, 0.25) is 0 Å². The van der Waals surface area contributed by atoms with Crippen molar-refractivity contribution in [2.24, 2.45) is 17.8 Å². The van der Waals surface area contributed by atoms with Crippen LogP contribution in [0.3, 0.4) is 0 Å². The number of carboxylic acid groups (broad SMARTS) is 1. The molecule has 4 heteroatoms. The van der Waals surface area contributed by atoms with E-state index in [-0.39, 0.29) is 5.92 Å². The summed E-state index contributed by atoms with van der Waals surface area (Å²) in [4.78, 5) is 10.9. The zero-order valence-corrected chi connectivity index (χ0v) is 13.3. The monoisotopic (exact) mass is 297 g/mol. The Bertz CT molecular complexity index is 337. The van der Waals surface area contributed by atoms with E-state index in [1.54, 1.807) is 0 Å². The van der Waals surface area contributed by atoms with Crippen LogP contribution in [-0.2, 0) is 4.79 Å². The van der Waals surface area contributed by atoms with Crippen molar-refractivity contribution in [2.45, 2.75) is 70.3 Å². The second-order valence-corrected chi connectivity index (χ2v) is 7.44. The van der Waals surface area contributed by atoms with Crippen molar-refractivity contribution < 1.29 is 15.0 Å². The van der Waals surface area contributed by atoms with Gasteiger partial charge < -0.3 is 15.5 Å². The molecule has 0 radical (unpaired) electrons. The molecule has 2 aliphatic rings. The predicted octanol–water partition coefficient (Wildman–Crippen LogP) is 2.80. The van der Waals surface area contributed by atoms with Gasteiger partial charge in [0.1, 0.15) is 0 Å². The molecule has 3 N–H and O–H groups in total. The average Bonchev–Trinajstić information content (AvgIpc) is 2.44. The van der Waals surface area contributed by atoms with Gasteiger partial charge in [-0.05, 0) is 56.9 Å². The summed E-state index contributed by atoms with van der Waals surface area (Å²) >= 11 is 0. The molecule has 2 saturated carbocycles. The number of carbonyl (C=O) groups is 1. The number of hydrogen-bond acceptors (Lipinski definition) is 3. The Hall–Kier alpha value is -0.610. The molecule has 0 aromatic heterocycles. The third-order valence-electron chi connectivity index (χ3n) is 5.49. The van der Waals surface area contributed by atoms with Crippen LogP contribution < -0.4 is 5.32 Å². The molecule has 0 spiro atoms. The molecule has 0 amide bonds. The Morgan fingerprint density at radius 3 is 2.57 bits per heavy atom. The first-order valence-electron chi connectivity index (χ1n) is 8.64. The summed E-state index contributed by atoms with van der Waals surface area (Å²) in [5, 5.41) is 22.9. The van der Waals surface area contributed by atoms with Crippen molar-refractivity contribution in [1.29, 1.82) is 0 Å². The van der Waals surface area contributed by atoms with E-state index in [1.807, 2.05) is 0 Å². The summed E-state index contributed by atoms with van der Waals surface area (Å²) in [7, 11) is 0. The van der Waals surface area contributed by atoms with Gasteiger partial charge in [-0.1, -0.05) is 26.2 Å². The topological polar surface area (TPSA) is 69.6 Å². The second kappa shape index (κ2) is 7.59. The highest BCUT2D eigenvalue weighted by Crippen LogP contribution is 2.32. The van der Waals surface area contributed by atoms with Gasteiger partial charge in [-0.3, -0.25) is 4.79 Å². The normalized spacial score (nSPS) is 37.3. The van der Waals surface area contributed by atoms with Crippen LogP contribution in [-0.4, -0.2) is 34.9 Å². The van der Waals surface area contributed by atoms with Crippen LogP contribution in [0.1, 0.15) is 64.7 Å². The number of rotatable bonds is 6. The van der Waals surface area contributed by atoms with Crippen LogP contribution in [0.5, 0.6) is 0 Å². The van der Waals surface area contributed by atoms with Crippen molar-refractivity contribution in [3.05, 3.63) is 0 Å². The number of carboxylic acids is 1. The maximum absolute atomic E-state index is 10.9. The molecule has 2 atom stereocenters. The first-order chi connectivity index (χ1) is 9.98. The van der Waals surface area contributed by atoms with E-state index < -0.39 is 11.6 Å². The van der Waals surface area contributed by atoms with E-state index in [1.165, 1.54) is 32.1 Å². The summed E-state index contributed by atoms with van der Waals surface area (Å²) in [6.45, 7) is 3.94. The van der Waals surface area contributed by atoms with E-state index in [9.17, 15) is 9.90 Å². The van der Waals surface area contributed by atoms with Crippen LogP contribution in [0, 0.1) is 17.8 Å². The van der Waals surface area contributed by atoms with Crippen molar-refractivity contribution in [1.82, 2.24) is 5.32 Å². The van der Waals surface area contributed by atoms with Crippen LogP contribution in [0.25, 0.3) is 0 Å². The quantitative estimate of drug-likeness (QED) is 0.659. The lowest BCUT2D eigenvalue weighted by atomic mass is 9.78. The minimum Gasteiger partial charge on any atom is -0.481 e. The van der Waals surface area contributed by atoms with Crippen molar-refractivity contribution in [3.8, 4) is 0 Å². The summed E-state index contributed by atoms with van der Waals surface area (Å²) in [5.41, 5.74) is -0.689. The lowest BCUT2D eigenvalue weighted by Gasteiger charge is -2.35. The van der Waals surface area contributed by atoms with Gasteiger partial charge in [0.25, 0.3) is 0 Å². The molecule has 2 aliphatic carbocycles. The molecule has 0 aromatic rings. The first-order valence-corrected chi connectivity index (χ1v) is 8.64. The van der Waals surface area contributed by atoms with E-state index in [4.69, 9.17) is 5.11 Å². The van der Waals surface area contributed by atoms with Crippen molar-refractivity contribution >= 4 is 5.97 Å². The average molecular weight is 297 g/mol. The van der Waals surface area contributed by atoms with Gasteiger partial charge in [0.15, 0.2) is 0 Å². The van der Waals surface area contributed by atoms with E-state index >= 15 is 0 Å². The Morgan fingerprint density at radius 1 is 1.24 bits per heavy atom. The number of nitrogens with one attached hydrogen (secondary N) is 1. The molecule has 4 nitrogen and oxygen atoms in total. The summed E-state index contributed by atoms with van der Waals surface area (Å²) < 4.78 is 0. The number of aliphatic carboxylic acids is 1. The maximum Gasteiger partial charge on any atom is 0.306 e. The molecule has 0 bridgehead atoms. The Morgan fingerprint density at radius 2 is 1.95 bits per heavy atom. The highest BCUT2D eigenvalue weighted by atomic mass is 16.4. The molecule has 122 valence electrons. The van der Waals surface area contributed by atoms with E-state index in [0.717, 1.165) is 18.4 Å². The van der Waals surface area contributed by atoms with Crippen molar-refractivity contribution in [2.75, 3.05) is 13.1 Å². The molecule has 0 aliphatic heterocycles. The zero-order chi connectivity index (χ0) is 15.3. The number of aliphatic hydroxyl groups is 1. The van der Waals surface area contributed by atoms with Gasteiger partial charge in [0, 0.05) is 6.54 Å². The number of hydrogen-bond donors (Lipinski definition) is 3. The standard InChI is InChI=1S/C17H31NO3/c1-13-3-2-4-14(11-13)7-10-18-12-17(21)8-5-15(6-9-17)16(19)20/h13-15,18,21H,2-12H2,1H3,(H,19,20). The lowest BCUT2D eigenvalue weighted by molar-refractivity contribution is -0.144. The van der Waals surface area contributed by atoms with Gasteiger partial charge in [-0.25, -0.2) is 0 Å². The van der Waals surface area contributed by atoms with Gasteiger partial charge in [-0.15, -0.1) is 0 Å². The summed E-state index contributed by atoms with van der Waals surface area (Å²) in [6.07, 6.45) is 9.10. The van der Waals surface area contributed by atoms with E-state index in [2.05, 4.69) is 12.2 Å². The highest BCUT2D eigenvalue weighted by Gasteiger charge is 2.35. The van der Waals surface area contributed by atoms with Crippen LogP contribution in [0.15, 0.2) is 0 Å². The molecule has 2 unspecified atom stereocenters. The van der Waals surface area contributed by atoms with Crippen LogP contribution in [0.4, 0.5) is 0 Å². The summed E-state index contributed by atoms with van der Waals surface area (Å²) in [6, 6.07) is 0. The van der Waals surface area contributed by atoms with Gasteiger partial charge in [-0.2, -0.15) is 0 Å². The fourth-order valence-electron chi connectivity index (χ4n) is 4.03. The first kappa shape index (κ1) is 16.8. The summed E-state index contributed by atoms with van der Waals surface area (Å²) in [5.74, 6) is 0.753. The molecule has 0 heterocycles. The molecular formula is C17H31NO3. The molecule has 0 aromatic carbocycles. The molecule has 2 rings (SSSR count). The SMILES string of the molecule is CC1CCCC(CCNCC2(O)CCC(C(=O)O)CC2)C1. The Labute approximate surface area is 128 Å². The Balaban J connectivity index is 1.61. The molecule has 21 heavy (non-hydrogen) atoms. The lowest BCUT2D eigenvalue weighted by Crippen LogP contribution is -2.44. The van der Waals surface area contributed by atoms with Gasteiger partial charge >= 0.3 is 5.97 Å².